The highest BCUT2D eigenvalue weighted by Gasteiger charge is 2.48. The van der Waals surface area contributed by atoms with Crippen molar-refractivity contribution in [3.8, 4) is 0 Å². The molecular weight excluding hydrogens is 362 g/mol. The normalized spacial score (nSPS) is 36.0. The Bertz CT molecular complexity index is 710. The molecule has 1 unspecified atom stereocenters. The Kier molecular flexibility index (Phi) is 4.88. The van der Waals surface area contributed by atoms with Crippen molar-refractivity contribution >= 4 is 5.91 Å². The van der Waals surface area contributed by atoms with Crippen molar-refractivity contribution < 1.29 is 22.4 Å². The van der Waals surface area contributed by atoms with Gasteiger partial charge in [-0.3, -0.25) is 4.79 Å². The first-order chi connectivity index (χ1) is 12.8. The molecule has 4 rings (SSSR count). The van der Waals surface area contributed by atoms with E-state index in [-0.39, 0.29) is 48.4 Å². The van der Waals surface area contributed by atoms with Gasteiger partial charge in [-0.1, -0.05) is 18.2 Å². The van der Waals surface area contributed by atoms with Crippen LogP contribution in [0.1, 0.15) is 36.4 Å². The number of rotatable bonds is 3. The molecule has 1 aliphatic carbocycles. The molecule has 3 N–H and O–H groups in total. The predicted octanol–water partition coefficient (Wildman–Crippen LogP) is 2.56. The zero-order chi connectivity index (χ0) is 19.2. The maximum absolute atomic E-state index is 13.4. The summed E-state index contributed by atoms with van der Waals surface area (Å²) in [5.74, 6) is -0.0768. The summed E-state index contributed by atoms with van der Waals surface area (Å²) in [5, 5.41) is 9.11. The molecule has 1 amide bonds. The molecule has 1 saturated carbocycles. The quantitative estimate of drug-likeness (QED) is 0.701. The summed E-state index contributed by atoms with van der Waals surface area (Å²) in [6, 6.07) is 4.73. The fraction of sp³-hybridized carbons (Fsp3) is 0.632. The van der Waals surface area contributed by atoms with E-state index in [2.05, 4.69) is 16.0 Å². The summed E-state index contributed by atoms with van der Waals surface area (Å²) < 4.78 is 53.4. The molecule has 6 atom stereocenters. The molecule has 2 heterocycles. The summed E-state index contributed by atoms with van der Waals surface area (Å²) in [4.78, 5) is 12.4. The smallest absolute Gasteiger partial charge is 0.352 e. The van der Waals surface area contributed by atoms with Crippen LogP contribution >= 0.6 is 0 Å². The highest BCUT2D eigenvalue weighted by atomic mass is 19.4. The van der Waals surface area contributed by atoms with Gasteiger partial charge in [0, 0.05) is 31.6 Å². The molecule has 2 saturated heterocycles. The van der Waals surface area contributed by atoms with E-state index in [1.807, 2.05) is 0 Å². The molecule has 0 bridgehead atoms. The summed E-state index contributed by atoms with van der Waals surface area (Å²) in [6.45, 7) is 0.753. The number of fused-ring (bicyclic) bond motifs is 1. The Morgan fingerprint density at radius 3 is 2.56 bits per heavy atom. The van der Waals surface area contributed by atoms with Gasteiger partial charge in [-0.05, 0) is 36.3 Å². The Labute approximate surface area is 155 Å². The van der Waals surface area contributed by atoms with Crippen molar-refractivity contribution in [2.75, 3.05) is 13.1 Å². The van der Waals surface area contributed by atoms with Gasteiger partial charge in [0.05, 0.1) is 11.6 Å². The number of carbonyl (C=O) groups is 1. The van der Waals surface area contributed by atoms with Gasteiger partial charge in [-0.15, -0.1) is 0 Å². The second-order valence-corrected chi connectivity index (χ2v) is 7.78. The third kappa shape index (κ3) is 3.57. The van der Waals surface area contributed by atoms with Gasteiger partial charge in [0.1, 0.15) is 6.17 Å². The van der Waals surface area contributed by atoms with E-state index in [1.54, 1.807) is 12.1 Å². The number of amides is 1. The molecule has 8 heteroatoms. The van der Waals surface area contributed by atoms with Crippen LogP contribution in [0.25, 0.3) is 0 Å². The number of hydrogen-bond donors (Lipinski definition) is 3. The Morgan fingerprint density at radius 2 is 1.85 bits per heavy atom. The summed E-state index contributed by atoms with van der Waals surface area (Å²) >= 11 is 0. The molecule has 148 valence electrons. The molecule has 0 aromatic heterocycles. The zero-order valence-electron chi connectivity index (χ0n) is 14.7. The molecular formula is C19H23F4N3O. The van der Waals surface area contributed by atoms with Crippen molar-refractivity contribution in [3.05, 3.63) is 35.4 Å². The minimum atomic E-state index is -4.39. The van der Waals surface area contributed by atoms with Gasteiger partial charge in [0.25, 0.3) is 0 Å². The average molecular weight is 385 g/mol. The van der Waals surface area contributed by atoms with Crippen LogP contribution in [0.5, 0.6) is 0 Å². The number of hydrogen-bond acceptors (Lipinski definition) is 3. The lowest BCUT2D eigenvalue weighted by molar-refractivity contribution is -0.138. The van der Waals surface area contributed by atoms with Crippen LogP contribution in [-0.4, -0.2) is 37.3 Å². The van der Waals surface area contributed by atoms with Gasteiger partial charge in [-0.2, -0.15) is 13.2 Å². The molecule has 0 radical (unpaired) electrons. The Balaban J connectivity index is 1.46. The molecule has 1 aromatic rings. The largest absolute Gasteiger partial charge is 0.416 e. The van der Waals surface area contributed by atoms with Crippen LogP contribution in [0, 0.1) is 11.8 Å². The topological polar surface area (TPSA) is 53.2 Å². The van der Waals surface area contributed by atoms with E-state index in [9.17, 15) is 22.4 Å². The average Bonchev–Trinajstić information content (AvgIpc) is 3.32. The van der Waals surface area contributed by atoms with Gasteiger partial charge in [0.15, 0.2) is 0 Å². The lowest BCUT2D eigenvalue weighted by Crippen LogP contribution is -2.47. The number of halogens is 4. The number of alkyl halides is 4. The first-order valence-corrected chi connectivity index (χ1v) is 9.42. The van der Waals surface area contributed by atoms with Crippen LogP contribution in [0.15, 0.2) is 24.3 Å². The fourth-order valence-corrected chi connectivity index (χ4v) is 4.94. The molecule has 0 spiro atoms. The van der Waals surface area contributed by atoms with E-state index in [1.165, 1.54) is 6.07 Å². The van der Waals surface area contributed by atoms with Crippen LogP contribution in [0.3, 0.4) is 0 Å². The van der Waals surface area contributed by atoms with Crippen LogP contribution in [0.2, 0.25) is 0 Å². The highest BCUT2D eigenvalue weighted by Crippen LogP contribution is 2.47. The van der Waals surface area contributed by atoms with Crippen molar-refractivity contribution in [3.63, 3.8) is 0 Å². The molecule has 1 aromatic carbocycles. The first kappa shape index (κ1) is 18.7. The Morgan fingerprint density at radius 1 is 1.07 bits per heavy atom. The fourth-order valence-electron chi connectivity index (χ4n) is 4.94. The number of benzene rings is 1. The summed E-state index contributed by atoms with van der Waals surface area (Å²) in [7, 11) is 0. The third-order valence-electron chi connectivity index (χ3n) is 6.20. The van der Waals surface area contributed by atoms with Crippen molar-refractivity contribution in [2.45, 2.75) is 49.7 Å². The minimum Gasteiger partial charge on any atom is -0.352 e. The predicted molar refractivity (Wildman–Crippen MR) is 91.6 cm³/mol. The van der Waals surface area contributed by atoms with Crippen molar-refractivity contribution in [1.82, 2.24) is 16.0 Å². The summed E-state index contributed by atoms with van der Waals surface area (Å²) in [6.07, 6.45) is -3.73. The number of nitrogens with one attached hydrogen (secondary N) is 3. The van der Waals surface area contributed by atoms with Gasteiger partial charge in [-0.25, -0.2) is 4.39 Å². The molecule has 4 nitrogen and oxygen atoms in total. The van der Waals surface area contributed by atoms with Crippen LogP contribution in [0.4, 0.5) is 17.6 Å². The molecule has 27 heavy (non-hydrogen) atoms. The van der Waals surface area contributed by atoms with E-state index < -0.39 is 24.0 Å². The lowest BCUT2D eigenvalue weighted by atomic mass is 9.86. The van der Waals surface area contributed by atoms with E-state index in [0.717, 1.165) is 18.9 Å². The van der Waals surface area contributed by atoms with E-state index in [4.69, 9.17) is 0 Å². The van der Waals surface area contributed by atoms with Gasteiger partial charge >= 0.3 is 6.18 Å². The van der Waals surface area contributed by atoms with E-state index in [0.29, 0.717) is 6.54 Å². The Hall–Kier alpha value is -1.67. The SMILES string of the molecule is O=C(N[C@H]1CC[C@@H]2C(c3ccccc3C(F)(F)F)NC[C@H]12)[C@@H]1C[C@@H](F)CN1. The van der Waals surface area contributed by atoms with E-state index >= 15 is 0 Å². The third-order valence-corrected chi connectivity index (χ3v) is 6.20. The maximum Gasteiger partial charge on any atom is 0.416 e. The second kappa shape index (κ2) is 7.05. The molecule has 3 fully saturated rings. The molecule has 3 aliphatic rings. The highest BCUT2D eigenvalue weighted by molar-refractivity contribution is 5.82. The zero-order valence-corrected chi connectivity index (χ0v) is 14.7. The molecule has 2 aliphatic heterocycles. The van der Waals surface area contributed by atoms with Gasteiger partial charge < -0.3 is 16.0 Å². The van der Waals surface area contributed by atoms with Crippen LogP contribution in [-0.2, 0) is 11.0 Å². The van der Waals surface area contributed by atoms with Crippen molar-refractivity contribution in [2.24, 2.45) is 11.8 Å². The lowest BCUT2D eigenvalue weighted by Gasteiger charge is -2.24. The van der Waals surface area contributed by atoms with Gasteiger partial charge in [0.2, 0.25) is 5.91 Å². The maximum atomic E-state index is 13.4. The minimum absolute atomic E-state index is 0.0456. The monoisotopic (exact) mass is 385 g/mol. The number of carbonyl (C=O) groups excluding carboxylic acids is 1. The van der Waals surface area contributed by atoms with Crippen molar-refractivity contribution in [1.29, 1.82) is 0 Å². The second-order valence-electron chi connectivity index (χ2n) is 7.78. The summed E-state index contributed by atoms with van der Waals surface area (Å²) in [5.41, 5.74) is -0.318. The standard InChI is InChI=1S/C19H23F4N3O/c20-10-7-16(24-8-10)18(27)26-15-6-5-11-13(15)9-25-17(11)12-3-1-2-4-14(12)19(21,22)23/h1-4,10-11,13,15-17,24-25H,5-9H2,(H,26,27)/t10-,11+,13+,15+,16+,17?/m1/s1. The first-order valence-electron chi connectivity index (χ1n) is 9.42. The van der Waals surface area contributed by atoms with Crippen LogP contribution < -0.4 is 16.0 Å².